The average Bonchev–Trinajstić information content (AvgIpc) is 2.46. The van der Waals surface area contributed by atoms with Gasteiger partial charge in [-0.2, -0.15) is 0 Å². The highest BCUT2D eigenvalue weighted by Gasteiger charge is 2.26. The molecule has 2 atom stereocenters. The van der Waals surface area contributed by atoms with Gasteiger partial charge in [-0.3, -0.25) is 14.6 Å². The van der Waals surface area contributed by atoms with E-state index in [1.54, 1.807) is 0 Å². The van der Waals surface area contributed by atoms with E-state index in [2.05, 4.69) is 43.0 Å². The Morgan fingerprint density at radius 3 is 2.91 bits per heavy atom. The highest BCUT2D eigenvalue weighted by Crippen LogP contribution is 2.25. The highest BCUT2D eigenvalue weighted by molar-refractivity contribution is 5.75. The Kier molecular flexibility index (Phi) is 5.94. The molecule has 0 spiro atoms. The van der Waals surface area contributed by atoms with Crippen LogP contribution in [0.3, 0.4) is 0 Å². The van der Waals surface area contributed by atoms with Gasteiger partial charge in [0.1, 0.15) is 0 Å². The Morgan fingerprint density at radius 1 is 1.50 bits per heavy atom. The molecule has 1 aromatic rings. The van der Waals surface area contributed by atoms with E-state index < -0.39 is 0 Å². The normalized spacial score (nSPS) is 21.0. The molecule has 2 N–H and O–H groups in total. The molecule has 1 amide bonds. The predicted octanol–water partition coefficient (Wildman–Crippen LogP) is 1.17. The second-order valence-corrected chi connectivity index (χ2v) is 6.18. The first kappa shape index (κ1) is 16.9. The third-order valence-electron chi connectivity index (χ3n) is 4.30. The topological polar surface area (TPSA) is 58.8 Å². The maximum atomic E-state index is 11.0. The van der Waals surface area contributed by atoms with E-state index in [0.29, 0.717) is 6.04 Å². The van der Waals surface area contributed by atoms with Crippen molar-refractivity contribution in [2.75, 3.05) is 39.8 Å². The number of amides is 1. The summed E-state index contributed by atoms with van der Waals surface area (Å²) < 4.78 is 5.84. The maximum absolute atomic E-state index is 11.0. The zero-order valence-electron chi connectivity index (χ0n) is 13.8. The second kappa shape index (κ2) is 7.72. The number of likely N-dealkylation sites (N-methyl/N-ethyl adjacent to an activating group) is 1. The molecule has 1 aliphatic rings. The molecule has 1 aromatic carbocycles. The van der Waals surface area contributed by atoms with Crippen LogP contribution >= 0.6 is 0 Å². The molecular formula is C17H27N3O2. The molecule has 122 valence electrons. The molecule has 22 heavy (non-hydrogen) atoms. The first-order chi connectivity index (χ1) is 10.5. The predicted molar refractivity (Wildman–Crippen MR) is 87.6 cm³/mol. The molecule has 2 rings (SSSR count). The van der Waals surface area contributed by atoms with Crippen molar-refractivity contribution in [1.82, 2.24) is 9.80 Å². The summed E-state index contributed by atoms with van der Waals surface area (Å²) >= 11 is 0. The quantitative estimate of drug-likeness (QED) is 0.857. The lowest BCUT2D eigenvalue weighted by molar-refractivity contribution is -0.119. The van der Waals surface area contributed by atoms with E-state index in [9.17, 15) is 4.79 Å². The summed E-state index contributed by atoms with van der Waals surface area (Å²) in [4.78, 5) is 15.4. The van der Waals surface area contributed by atoms with Crippen LogP contribution in [0.5, 0.6) is 0 Å². The van der Waals surface area contributed by atoms with Gasteiger partial charge in [0.2, 0.25) is 5.91 Å². The molecule has 0 radical (unpaired) electrons. The number of ether oxygens (including phenoxy) is 1. The Morgan fingerprint density at radius 2 is 2.23 bits per heavy atom. The van der Waals surface area contributed by atoms with Gasteiger partial charge < -0.3 is 10.5 Å². The number of primary amides is 1. The molecule has 0 bridgehead atoms. The fourth-order valence-electron chi connectivity index (χ4n) is 3.13. The molecule has 1 saturated heterocycles. The van der Waals surface area contributed by atoms with Crippen LogP contribution in [0, 0.1) is 6.92 Å². The van der Waals surface area contributed by atoms with Crippen LogP contribution in [-0.4, -0.2) is 61.6 Å². The van der Waals surface area contributed by atoms with Crippen LogP contribution in [0.1, 0.15) is 24.1 Å². The summed E-state index contributed by atoms with van der Waals surface area (Å²) in [7, 11) is 1.90. The van der Waals surface area contributed by atoms with Gasteiger partial charge in [-0.15, -0.1) is 0 Å². The van der Waals surface area contributed by atoms with Crippen molar-refractivity contribution in [3.05, 3.63) is 35.4 Å². The Labute approximate surface area is 133 Å². The SMILES string of the molecule is Cc1ccccc1[C@@H](C)N1CCO[C@@H](CN(C)CC(N)=O)C1. The van der Waals surface area contributed by atoms with Crippen LogP contribution in [-0.2, 0) is 9.53 Å². The van der Waals surface area contributed by atoms with Crippen molar-refractivity contribution in [1.29, 1.82) is 0 Å². The summed E-state index contributed by atoms with van der Waals surface area (Å²) in [5, 5.41) is 0. The number of rotatable bonds is 6. The minimum absolute atomic E-state index is 0.115. The molecule has 1 heterocycles. The van der Waals surface area contributed by atoms with Crippen LogP contribution < -0.4 is 5.73 Å². The first-order valence-corrected chi connectivity index (χ1v) is 7.85. The van der Waals surface area contributed by atoms with Crippen LogP contribution in [0.15, 0.2) is 24.3 Å². The lowest BCUT2D eigenvalue weighted by atomic mass is 10.0. The van der Waals surface area contributed by atoms with Gasteiger partial charge in [-0.1, -0.05) is 24.3 Å². The van der Waals surface area contributed by atoms with Gasteiger partial charge in [0.05, 0.1) is 19.3 Å². The molecule has 5 heteroatoms. The van der Waals surface area contributed by atoms with Crippen molar-refractivity contribution < 1.29 is 9.53 Å². The fraction of sp³-hybridized carbons (Fsp3) is 0.588. The van der Waals surface area contributed by atoms with E-state index >= 15 is 0 Å². The van der Waals surface area contributed by atoms with Gasteiger partial charge in [-0.05, 0) is 32.0 Å². The van der Waals surface area contributed by atoms with Gasteiger partial charge in [-0.25, -0.2) is 0 Å². The molecule has 0 aromatic heterocycles. The van der Waals surface area contributed by atoms with Gasteiger partial charge in [0.25, 0.3) is 0 Å². The minimum atomic E-state index is -0.302. The first-order valence-electron chi connectivity index (χ1n) is 7.85. The number of carbonyl (C=O) groups is 1. The smallest absolute Gasteiger partial charge is 0.231 e. The third-order valence-corrected chi connectivity index (χ3v) is 4.30. The number of aryl methyl sites for hydroxylation is 1. The summed E-state index contributed by atoms with van der Waals surface area (Å²) in [6.07, 6.45) is 0.115. The van der Waals surface area contributed by atoms with Crippen LogP contribution in [0.25, 0.3) is 0 Å². The molecule has 0 aliphatic carbocycles. The summed E-state index contributed by atoms with van der Waals surface area (Å²) in [6.45, 7) is 7.94. The molecule has 1 fully saturated rings. The summed E-state index contributed by atoms with van der Waals surface area (Å²) in [6, 6.07) is 8.90. The van der Waals surface area contributed by atoms with Gasteiger partial charge in [0, 0.05) is 25.7 Å². The van der Waals surface area contributed by atoms with Crippen LogP contribution in [0.2, 0.25) is 0 Å². The van der Waals surface area contributed by atoms with E-state index in [0.717, 1.165) is 26.2 Å². The number of hydrogen-bond donors (Lipinski definition) is 1. The molecule has 0 saturated carbocycles. The number of nitrogens with two attached hydrogens (primary N) is 1. The van der Waals surface area contributed by atoms with Crippen molar-refractivity contribution in [2.24, 2.45) is 5.73 Å². The fourth-order valence-corrected chi connectivity index (χ4v) is 3.13. The number of nitrogens with zero attached hydrogens (tertiary/aromatic N) is 2. The molecule has 1 aliphatic heterocycles. The van der Waals surface area contributed by atoms with Crippen LogP contribution in [0.4, 0.5) is 0 Å². The van der Waals surface area contributed by atoms with E-state index in [1.165, 1.54) is 11.1 Å². The molecule has 0 unspecified atom stereocenters. The van der Waals surface area contributed by atoms with Crippen molar-refractivity contribution in [3.63, 3.8) is 0 Å². The van der Waals surface area contributed by atoms with Crippen molar-refractivity contribution >= 4 is 5.91 Å². The molecular weight excluding hydrogens is 278 g/mol. The van der Waals surface area contributed by atoms with E-state index in [1.807, 2.05) is 11.9 Å². The van der Waals surface area contributed by atoms with Crippen molar-refractivity contribution in [2.45, 2.75) is 26.0 Å². The maximum Gasteiger partial charge on any atom is 0.231 e. The minimum Gasteiger partial charge on any atom is -0.374 e. The Balaban J connectivity index is 1.95. The summed E-state index contributed by atoms with van der Waals surface area (Å²) in [5.41, 5.74) is 7.93. The average molecular weight is 305 g/mol. The second-order valence-electron chi connectivity index (χ2n) is 6.18. The van der Waals surface area contributed by atoms with Crippen molar-refractivity contribution in [3.8, 4) is 0 Å². The standard InChI is InChI=1S/C17H27N3O2/c1-13-6-4-5-7-16(13)14(2)20-8-9-22-15(11-20)10-19(3)12-17(18)21/h4-7,14-15H,8-12H2,1-3H3,(H2,18,21)/t14-,15+/m1/s1. The number of benzene rings is 1. The highest BCUT2D eigenvalue weighted by atomic mass is 16.5. The lowest BCUT2D eigenvalue weighted by Gasteiger charge is -2.38. The lowest BCUT2D eigenvalue weighted by Crippen LogP contribution is -2.48. The number of hydrogen-bond acceptors (Lipinski definition) is 4. The zero-order chi connectivity index (χ0) is 16.1. The van der Waals surface area contributed by atoms with Gasteiger partial charge >= 0.3 is 0 Å². The van der Waals surface area contributed by atoms with E-state index in [4.69, 9.17) is 10.5 Å². The summed E-state index contributed by atoms with van der Waals surface area (Å²) in [5.74, 6) is -0.302. The Hall–Kier alpha value is -1.43. The number of morpholine rings is 1. The van der Waals surface area contributed by atoms with E-state index in [-0.39, 0.29) is 18.6 Å². The zero-order valence-corrected chi connectivity index (χ0v) is 13.8. The molecule has 5 nitrogen and oxygen atoms in total. The largest absolute Gasteiger partial charge is 0.374 e. The monoisotopic (exact) mass is 305 g/mol. The third kappa shape index (κ3) is 4.53. The van der Waals surface area contributed by atoms with Gasteiger partial charge in [0.15, 0.2) is 0 Å². The Bertz CT molecular complexity index is 506. The number of carbonyl (C=O) groups excluding carboxylic acids is 1.